The largest absolute Gasteiger partial charge is 0.492 e. The molecule has 2 rings (SSSR count). The number of anilines is 2. The Hall–Kier alpha value is -2.16. The molecule has 112 valence electrons. The Morgan fingerprint density at radius 2 is 1.81 bits per heavy atom. The maximum Gasteiger partial charge on any atom is 0.144 e. The third kappa shape index (κ3) is 4.15. The molecule has 0 bridgehead atoms. The lowest BCUT2D eigenvalue weighted by Gasteiger charge is -2.22. The van der Waals surface area contributed by atoms with Crippen molar-refractivity contribution in [3.63, 3.8) is 0 Å². The van der Waals surface area contributed by atoms with Crippen LogP contribution in [0, 0.1) is 0 Å². The van der Waals surface area contributed by atoms with Crippen molar-refractivity contribution < 1.29 is 4.74 Å². The Kier molecular flexibility index (Phi) is 5.50. The van der Waals surface area contributed by atoms with Crippen LogP contribution in [0.1, 0.15) is 18.9 Å². The van der Waals surface area contributed by atoms with Crippen molar-refractivity contribution in [1.29, 1.82) is 0 Å². The second-order valence-electron chi connectivity index (χ2n) is 5.13. The van der Waals surface area contributed by atoms with Crippen molar-refractivity contribution in [2.75, 3.05) is 30.8 Å². The first-order valence-corrected chi connectivity index (χ1v) is 7.48. The summed E-state index contributed by atoms with van der Waals surface area (Å²) >= 11 is 0. The second-order valence-corrected chi connectivity index (χ2v) is 5.13. The van der Waals surface area contributed by atoms with Crippen LogP contribution in [0.4, 0.5) is 11.4 Å². The van der Waals surface area contributed by atoms with Crippen LogP contribution in [0.15, 0.2) is 48.5 Å². The zero-order valence-corrected chi connectivity index (χ0v) is 12.9. The van der Waals surface area contributed by atoms with Gasteiger partial charge in [-0.3, -0.25) is 0 Å². The van der Waals surface area contributed by atoms with Crippen LogP contribution in [-0.4, -0.2) is 20.2 Å². The SMILES string of the molecule is CCOc1cccc(N(C)CCCc2ccccc2)c1N. The molecule has 21 heavy (non-hydrogen) atoms. The van der Waals surface area contributed by atoms with Gasteiger partial charge in [0.2, 0.25) is 0 Å². The number of nitrogens with two attached hydrogens (primary N) is 1. The van der Waals surface area contributed by atoms with Gasteiger partial charge in [-0.15, -0.1) is 0 Å². The van der Waals surface area contributed by atoms with E-state index >= 15 is 0 Å². The number of ether oxygens (including phenoxy) is 1. The predicted molar refractivity (Wildman–Crippen MR) is 90.1 cm³/mol. The summed E-state index contributed by atoms with van der Waals surface area (Å²) in [5.41, 5.74) is 9.32. The molecule has 0 unspecified atom stereocenters. The van der Waals surface area contributed by atoms with Crippen molar-refractivity contribution in [2.24, 2.45) is 0 Å². The number of rotatable bonds is 7. The monoisotopic (exact) mass is 284 g/mol. The summed E-state index contributed by atoms with van der Waals surface area (Å²) in [4.78, 5) is 2.20. The molecular formula is C18H24N2O. The molecule has 2 N–H and O–H groups in total. The minimum absolute atomic E-state index is 0.630. The highest BCUT2D eigenvalue weighted by Crippen LogP contribution is 2.31. The summed E-state index contributed by atoms with van der Waals surface area (Å²) in [6.45, 7) is 3.57. The van der Waals surface area contributed by atoms with Crippen LogP contribution in [0.2, 0.25) is 0 Å². The number of benzene rings is 2. The molecule has 0 aliphatic carbocycles. The lowest BCUT2D eigenvalue weighted by atomic mass is 10.1. The zero-order valence-electron chi connectivity index (χ0n) is 12.9. The summed E-state index contributed by atoms with van der Waals surface area (Å²) in [6, 6.07) is 16.5. The van der Waals surface area contributed by atoms with Gasteiger partial charge in [-0.05, 0) is 37.5 Å². The molecule has 2 aromatic carbocycles. The summed E-state index contributed by atoms with van der Waals surface area (Å²) in [6.07, 6.45) is 2.18. The fraction of sp³-hybridized carbons (Fsp3) is 0.333. The van der Waals surface area contributed by atoms with Crippen LogP contribution < -0.4 is 15.4 Å². The van der Waals surface area contributed by atoms with E-state index in [0.717, 1.165) is 36.5 Å². The maximum absolute atomic E-state index is 6.19. The van der Waals surface area contributed by atoms with E-state index in [4.69, 9.17) is 10.5 Å². The number of aryl methyl sites for hydroxylation is 1. The molecule has 0 saturated heterocycles. The van der Waals surface area contributed by atoms with Crippen molar-refractivity contribution in [3.8, 4) is 5.75 Å². The Bertz CT molecular complexity index is 554. The van der Waals surface area contributed by atoms with Crippen LogP contribution in [-0.2, 0) is 6.42 Å². The molecule has 3 heteroatoms. The highest BCUT2D eigenvalue weighted by atomic mass is 16.5. The molecule has 0 heterocycles. The molecule has 0 fully saturated rings. The van der Waals surface area contributed by atoms with E-state index in [2.05, 4.69) is 42.3 Å². The van der Waals surface area contributed by atoms with Crippen LogP contribution in [0.3, 0.4) is 0 Å². The van der Waals surface area contributed by atoms with Crippen molar-refractivity contribution in [1.82, 2.24) is 0 Å². The first-order chi connectivity index (χ1) is 10.2. The number of nitrogens with zero attached hydrogens (tertiary/aromatic N) is 1. The van der Waals surface area contributed by atoms with Gasteiger partial charge in [-0.1, -0.05) is 36.4 Å². The first-order valence-electron chi connectivity index (χ1n) is 7.48. The molecule has 0 amide bonds. The number of hydrogen-bond donors (Lipinski definition) is 1. The number of hydrogen-bond acceptors (Lipinski definition) is 3. The number of para-hydroxylation sites is 1. The van der Waals surface area contributed by atoms with Crippen LogP contribution >= 0.6 is 0 Å². The Morgan fingerprint density at radius 1 is 1.05 bits per heavy atom. The molecule has 3 nitrogen and oxygen atoms in total. The summed E-state index contributed by atoms with van der Waals surface area (Å²) in [5.74, 6) is 0.768. The third-order valence-corrected chi connectivity index (χ3v) is 3.56. The van der Waals surface area contributed by atoms with Crippen LogP contribution in [0.25, 0.3) is 0 Å². The number of nitrogen functional groups attached to an aromatic ring is 1. The minimum Gasteiger partial charge on any atom is -0.492 e. The molecular weight excluding hydrogens is 260 g/mol. The van der Waals surface area contributed by atoms with Gasteiger partial charge in [0.05, 0.1) is 18.0 Å². The van der Waals surface area contributed by atoms with Gasteiger partial charge in [0.25, 0.3) is 0 Å². The van der Waals surface area contributed by atoms with E-state index in [1.54, 1.807) is 0 Å². The van der Waals surface area contributed by atoms with Crippen molar-refractivity contribution in [3.05, 3.63) is 54.1 Å². The molecule has 0 aliphatic rings. The van der Waals surface area contributed by atoms with Gasteiger partial charge in [-0.25, -0.2) is 0 Å². The van der Waals surface area contributed by atoms with Gasteiger partial charge in [0, 0.05) is 13.6 Å². The predicted octanol–water partition coefficient (Wildman–Crippen LogP) is 3.74. The fourth-order valence-electron chi connectivity index (χ4n) is 2.43. The minimum atomic E-state index is 0.630. The molecule has 2 aromatic rings. The van der Waals surface area contributed by atoms with Gasteiger partial charge >= 0.3 is 0 Å². The Balaban J connectivity index is 1.94. The van der Waals surface area contributed by atoms with Gasteiger partial charge < -0.3 is 15.4 Å². The van der Waals surface area contributed by atoms with Crippen LogP contribution in [0.5, 0.6) is 5.75 Å². The van der Waals surface area contributed by atoms with E-state index in [9.17, 15) is 0 Å². The van der Waals surface area contributed by atoms with E-state index in [1.807, 2.05) is 25.1 Å². The van der Waals surface area contributed by atoms with Gasteiger partial charge in [-0.2, -0.15) is 0 Å². The van der Waals surface area contributed by atoms with Gasteiger partial charge in [0.1, 0.15) is 5.75 Å². The molecule has 0 radical (unpaired) electrons. The standard InChI is InChI=1S/C18H24N2O/c1-3-21-17-13-7-12-16(18(17)19)20(2)14-8-11-15-9-5-4-6-10-15/h4-7,9-10,12-13H,3,8,11,14,19H2,1-2H3. The lowest BCUT2D eigenvalue weighted by Crippen LogP contribution is -2.20. The lowest BCUT2D eigenvalue weighted by molar-refractivity contribution is 0.342. The smallest absolute Gasteiger partial charge is 0.144 e. The van der Waals surface area contributed by atoms with E-state index in [-0.39, 0.29) is 0 Å². The van der Waals surface area contributed by atoms with E-state index in [0.29, 0.717) is 6.61 Å². The quantitative estimate of drug-likeness (QED) is 0.787. The van der Waals surface area contributed by atoms with Gasteiger partial charge in [0.15, 0.2) is 0 Å². The normalized spacial score (nSPS) is 10.4. The Morgan fingerprint density at radius 3 is 2.52 bits per heavy atom. The Labute approximate surface area is 127 Å². The summed E-state index contributed by atoms with van der Waals surface area (Å²) < 4.78 is 5.55. The van der Waals surface area contributed by atoms with Crippen molar-refractivity contribution >= 4 is 11.4 Å². The third-order valence-electron chi connectivity index (χ3n) is 3.56. The highest BCUT2D eigenvalue weighted by molar-refractivity contribution is 5.73. The molecule has 0 aliphatic heterocycles. The maximum atomic E-state index is 6.19. The first kappa shape index (κ1) is 15.2. The summed E-state index contributed by atoms with van der Waals surface area (Å²) in [7, 11) is 2.08. The molecule has 0 spiro atoms. The highest BCUT2D eigenvalue weighted by Gasteiger charge is 2.09. The molecule has 0 atom stereocenters. The van der Waals surface area contributed by atoms with E-state index in [1.165, 1.54) is 5.56 Å². The molecule has 0 saturated carbocycles. The second kappa shape index (κ2) is 7.58. The summed E-state index contributed by atoms with van der Waals surface area (Å²) in [5, 5.41) is 0. The fourth-order valence-corrected chi connectivity index (χ4v) is 2.43. The zero-order chi connectivity index (χ0) is 15.1. The average molecular weight is 284 g/mol. The average Bonchev–Trinajstić information content (AvgIpc) is 2.50. The van der Waals surface area contributed by atoms with E-state index < -0.39 is 0 Å². The molecule has 0 aromatic heterocycles. The van der Waals surface area contributed by atoms with Crippen molar-refractivity contribution in [2.45, 2.75) is 19.8 Å². The topological polar surface area (TPSA) is 38.5 Å².